The summed E-state index contributed by atoms with van der Waals surface area (Å²) < 4.78 is 5.63. The molecule has 0 heterocycles. The Morgan fingerprint density at radius 1 is 0.882 bits per heavy atom. The van der Waals surface area contributed by atoms with Crippen LogP contribution in [-0.2, 0) is 9.53 Å². The normalized spacial score (nSPS) is 24.5. The Morgan fingerprint density at radius 2 is 1.29 bits per heavy atom. The molecule has 2 aliphatic rings. The highest BCUT2D eigenvalue weighted by molar-refractivity contribution is 5.38. The third kappa shape index (κ3) is 2.83. The summed E-state index contributed by atoms with van der Waals surface area (Å²) >= 11 is 0. The fourth-order valence-corrected chi connectivity index (χ4v) is 3.98. The molecule has 0 saturated heterocycles. The molecular formula is C15H26O2. The molecule has 0 atom stereocenters. The molecule has 0 spiro atoms. The summed E-state index contributed by atoms with van der Waals surface area (Å²) in [5.41, 5.74) is -0.178. The minimum absolute atomic E-state index is 0.178. The van der Waals surface area contributed by atoms with Crippen LogP contribution in [0.15, 0.2) is 0 Å². The molecule has 0 aromatic heterocycles. The number of carbonyl (C=O) groups is 1. The summed E-state index contributed by atoms with van der Waals surface area (Å²) in [6.07, 6.45) is 13.0. The van der Waals surface area contributed by atoms with Gasteiger partial charge in [-0.05, 0) is 44.4 Å². The smallest absolute Gasteiger partial charge is 0.293 e. The standard InChI is InChI=1S/C15H26O2/c1-15(17-12-16,13-8-4-2-5-9-13)14-10-6-3-7-11-14/h12-14H,2-11H2,1H3. The Morgan fingerprint density at radius 3 is 1.65 bits per heavy atom. The van der Waals surface area contributed by atoms with Gasteiger partial charge >= 0.3 is 0 Å². The van der Waals surface area contributed by atoms with Crippen molar-refractivity contribution in [2.24, 2.45) is 11.8 Å². The first-order valence-corrected chi connectivity index (χ1v) is 7.39. The van der Waals surface area contributed by atoms with Crippen LogP contribution in [0.1, 0.15) is 71.1 Å². The molecule has 2 heteroatoms. The van der Waals surface area contributed by atoms with Gasteiger partial charge in [-0.3, -0.25) is 4.79 Å². The molecule has 2 rings (SSSR count). The third-order valence-electron chi connectivity index (χ3n) is 5.13. The van der Waals surface area contributed by atoms with E-state index in [1.165, 1.54) is 64.2 Å². The van der Waals surface area contributed by atoms with Crippen molar-refractivity contribution in [1.82, 2.24) is 0 Å². The van der Waals surface area contributed by atoms with Gasteiger partial charge in [0.25, 0.3) is 6.47 Å². The van der Waals surface area contributed by atoms with Gasteiger partial charge < -0.3 is 4.74 Å². The zero-order chi connectivity index (χ0) is 12.1. The molecule has 2 aliphatic carbocycles. The van der Waals surface area contributed by atoms with E-state index in [2.05, 4.69) is 6.92 Å². The topological polar surface area (TPSA) is 26.3 Å². The average molecular weight is 238 g/mol. The summed E-state index contributed by atoms with van der Waals surface area (Å²) in [6, 6.07) is 0. The molecule has 0 amide bonds. The van der Waals surface area contributed by atoms with Crippen LogP contribution in [0.5, 0.6) is 0 Å². The molecule has 0 aromatic rings. The van der Waals surface area contributed by atoms with Gasteiger partial charge in [0.1, 0.15) is 5.60 Å². The van der Waals surface area contributed by atoms with Gasteiger partial charge in [-0.1, -0.05) is 38.5 Å². The Labute approximate surface area is 105 Å². The number of ether oxygens (including phenoxy) is 1. The molecule has 17 heavy (non-hydrogen) atoms. The van der Waals surface area contributed by atoms with Gasteiger partial charge in [-0.15, -0.1) is 0 Å². The molecule has 2 nitrogen and oxygen atoms in total. The summed E-state index contributed by atoms with van der Waals surface area (Å²) in [7, 11) is 0. The van der Waals surface area contributed by atoms with E-state index >= 15 is 0 Å². The van der Waals surface area contributed by atoms with Crippen LogP contribution in [0, 0.1) is 11.8 Å². The number of hydrogen-bond donors (Lipinski definition) is 0. The molecule has 0 N–H and O–H groups in total. The monoisotopic (exact) mass is 238 g/mol. The van der Waals surface area contributed by atoms with E-state index in [9.17, 15) is 4.79 Å². The van der Waals surface area contributed by atoms with Gasteiger partial charge in [0.05, 0.1) is 0 Å². The summed E-state index contributed by atoms with van der Waals surface area (Å²) in [5, 5.41) is 0. The maximum absolute atomic E-state index is 10.9. The molecule has 0 radical (unpaired) electrons. The predicted octanol–water partition coefficient (Wildman–Crippen LogP) is 4.08. The summed E-state index contributed by atoms with van der Waals surface area (Å²) in [6.45, 7) is 2.90. The highest BCUT2D eigenvalue weighted by Gasteiger charge is 2.43. The molecule has 2 saturated carbocycles. The molecule has 0 unspecified atom stereocenters. The molecule has 0 aromatic carbocycles. The lowest BCUT2D eigenvalue weighted by Crippen LogP contribution is -2.46. The Kier molecular flexibility index (Phi) is 4.47. The van der Waals surface area contributed by atoms with E-state index in [0.29, 0.717) is 18.3 Å². The molecule has 98 valence electrons. The van der Waals surface area contributed by atoms with E-state index in [4.69, 9.17) is 4.74 Å². The first kappa shape index (κ1) is 12.9. The van der Waals surface area contributed by atoms with Gasteiger partial charge in [0.2, 0.25) is 0 Å². The third-order valence-corrected chi connectivity index (χ3v) is 5.13. The lowest BCUT2D eigenvalue weighted by Gasteiger charge is -2.45. The second kappa shape index (κ2) is 5.88. The van der Waals surface area contributed by atoms with Crippen molar-refractivity contribution < 1.29 is 9.53 Å². The van der Waals surface area contributed by atoms with E-state index < -0.39 is 0 Å². The van der Waals surface area contributed by atoms with Crippen molar-refractivity contribution in [3.63, 3.8) is 0 Å². The van der Waals surface area contributed by atoms with E-state index in [1.54, 1.807) is 0 Å². The summed E-state index contributed by atoms with van der Waals surface area (Å²) in [5.74, 6) is 1.20. The Bertz CT molecular complexity index is 219. The zero-order valence-electron chi connectivity index (χ0n) is 11.1. The van der Waals surface area contributed by atoms with Crippen LogP contribution < -0.4 is 0 Å². The van der Waals surface area contributed by atoms with Crippen LogP contribution in [-0.4, -0.2) is 12.1 Å². The zero-order valence-corrected chi connectivity index (χ0v) is 11.1. The Hall–Kier alpha value is -0.530. The quantitative estimate of drug-likeness (QED) is 0.690. The second-order valence-corrected chi connectivity index (χ2v) is 6.07. The largest absolute Gasteiger partial charge is 0.461 e. The van der Waals surface area contributed by atoms with Crippen LogP contribution in [0.3, 0.4) is 0 Å². The first-order chi connectivity index (χ1) is 8.27. The van der Waals surface area contributed by atoms with Gasteiger partial charge in [0.15, 0.2) is 0 Å². The fourth-order valence-electron chi connectivity index (χ4n) is 3.98. The maximum Gasteiger partial charge on any atom is 0.293 e. The first-order valence-electron chi connectivity index (χ1n) is 7.39. The van der Waals surface area contributed by atoms with E-state index in [0.717, 1.165) is 0 Å². The van der Waals surface area contributed by atoms with Crippen molar-refractivity contribution >= 4 is 6.47 Å². The lowest BCUT2D eigenvalue weighted by atomic mass is 9.67. The second-order valence-electron chi connectivity index (χ2n) is 6.07. The van der Waals surface area contributed by atoms with Crippen LogP contribution >= 0.6 is 0 Å². The van der Waals surface area contributed by atoms with Gasteiger partial charge in [0, 0.05) is 0 Å². The predicted molar refractivity (Wildman–Crippen MR) is 68.7 cm³/mol. The van der Waals surface area contributed by atoms with Gasteiger partial charge in [-0.2, -0.15) is 0 Å². The number of hydrogen-bond acceptors (Lipinski definition) is 2. The maximum atomic E-state index is 10.9. The minimum Gasteiger partial charge on any atom is -0.461 e. The van der Waals surface area contributed by atoms with Crippen molar-refractivity contribution in [2.75, 3.05) is 0 Å². The van der Waals surface area contributed by atoms with Crippen molar-refractivity contribution in [1.29, 1.82) is 0 Å². The van der Waals surface area contributed by atoms with Crippen molar-refractivity contribution in [3.8, 4) is 0 Å². The van der Waals surface area contributed by atoms with Crippen molar-refractivity contribution in [3.05, 3.63) is 0 Å². The highest BCUT2D eigenvalue weighted by atomic mass is 16.5. The van der Waals surface area contributed by atoms with Crippen LogP contribution in [0.4, 0.5) is 0 Å². The number of rotatable bonds is 4. The lowest BCUT2D eigenvalue weighted by molar-refractivity contribution is -0.160. The molecular weight excluding hydrogens is 212 g/mol. The average Bonchev–Trinajstić information content (AvgIpc) is 2.41. The highest BCUT2D eigenvalue weighted by Crippen LogP contribution is 2.44. The molecule has 0 bridgehead atoms. The SMILES string of the molecule is CC(OC=O)(C1CCCCC1)C1CCCCC1. The fraction of sp³-hybridized carbons (Fsp3) is 0.933. The molecule has 2 fully saturated rings. The summed E-state index contributed by atoms with van der Waals surface area (Å²) in [4.78, 5) is 10.9. The van der Waals surface area contributed by atoms with E-state index in [-0.39, 0.29) is 5.60 Å². The minimum atomic E-state index is -0.178. The van der Waals surface area contributed by atoms with Gasteiger partial charge in [-0.25, -0.2) is 0 Å². The molecule has 0 aliphatic heterocycles. The number of carbonyl (C=O) groups excluding carboxylic acids is 1. The van der Waals surface area contributed by atoms with Crippen LogP contribution in [0.25, 0.3) is 0 Å². The van der Waals surface area contributed by atoms with Crippen molar-refractivity contribution in [2.45, 2.75) is 76.7 Å². The Balaban J connectivity index is 2.08. The van der Waals surface area contributed by atoms with Crippen LogP contribution in [0.2, 0.25) is 0 Å². The van der Waals surface area contributed by atoms with E-state index in [1.807, 2.05) is 0 Å².